The average molecular weight is 328 g/mol. The van der Waals surface area contributed by atoms with Gasteiger partial charge in [0.25, 0.3) is 11.8 Å². The summed E-state index contributed by atoms with van der Waals surface area (Å²) in [6, 6.07) is 14.5. The molecule has 0 spiro atoms. The number of hydrogen-bond acceptors (Lipinski definition) is 4. The molecule has 0 saturated heterocycles. The van der Waals surface area contributed by atoms with E-state index in [0.717, 1.165) is 11.1 Å². The zero-order chi connectivity index (χ0) is 16.2. The van der Waals surface area contributed by atoms with Crippen LogP contribution in [0.5, 0.6) is 0 Å². The summed E-state index contributed by atoms with van der Waals surface area (Å²) in [5.41, 5.74) is 2.48. The van der Waals surface area contributed by atoms with Crippen LogP contribution >= 0.6 is 11.6 Å². The van der Waals surface area contributed by atoms with E-state index >= 15 is 0 Å². The van der Waals surface area contributed by atoms with Gasteiger partial charge in [-0.3, -0.25) is 4.79 Å². The zero-order valence-electron chi connectivity index (χ0n) is 12.4. The predicted octanol–water partition coefficient (Wildman–Crippen LogP) is 3.63. The van der Waals surface area contributed by atoms with Gasteiger partial charge in [-0.1, -0.05) is 40.5 Å². The topological polar surface area (TPSA) is 68.0 Å². The van der Waals surface area contributed by atoms with E-state index in [1.54, 1.807) is 24.3 Å². The fourth-order valence-corrected chi connectivity index (χ4v) is 2.22. The first-order valence-corrected chi connectivity index (χ1v) is 7.43. The van der Waals surface area contributed by atoms with Crippen molar-refractivity contribution in [3.8, 4) is 11.5 Å². The van der Waals surface area contributed by atoms with Gasteiger partial charge in [0.2, 0.25) is 0 Å². The summed E-state index contributed by atoms with van der Waals surface area (Å²) in [5.74, 6) is 0.599. The van der Waals surface area contributed by atoms with Crippen molar-refractivity contribution in [2.24, 2.45) is 0 Å². The highest BCUT2D eigenvalue weighted by Gasteiger charge is 2.11. The number of aryl methyl sites for hydroxylation is 1. The van der Waals surface area contributed by atoms with Crippen molar-refractivity contribution in [2.75, 3.05) is 0 Å². The molecule has 1 amide bonds. The minimum atomic E-state index is -0.241. The van der Waals surface area contributed by atoms with Crippen molar-refractivity contribution >= 4 is 17.5 Å². The quantitative estimate of drug-likeness (QED) is 0.794. The molecule has 0 atom stereocenters. The molecule has 6 heteroatoms. The van der Waals surface area contributed by atoms with E-state index in [-0.39, 0.29) is 12.5 Å². The van der Waals surface area contributed by atoms with Gasteiger partial charge in [-0.25, -0.2) is 0 Å². The lowest BCUT2D eigenvalue weighted by molar-refractivity contribution is 0.0949. The standard InChI is InChI=1S/C17H14ClN3O2/c1-11-5-7-12(8-6-11)17-20-15(21-23-17)10-19-16(22)13-3-2-4-14(18)9-13/h2-9H,10H2,1H3,(H,19,22). The number of aromatic nitrogens is 2. The van der Waals surface area contributed by atoms with E-state index < -0.39 is 0 Å². The highest BCUT2D eigenvalue weighted by molar-refractivity contribution is 6.30. The average Bonchev–Trinajstić information content (AvgIpc) is 3.02. The Balaban J connectivity index is 1.65. The number of hydrogen-bond donors (Lipinski definition) is 1. The summed E-state index contributed by atoms with van der Waals surface area (Å²) in [6.07, 6.45) is 0. The Labute approximate surface area is 138 Å². The maximum Gasteiger partial charge on any atom is 0.257 e. The van der Waals surface area contributed by atoms with Crippen molar-refractivity contribution in [3.63, 3.8) is 0 Å². The minimum absolute atomic E-state index is 0.181. The molecule has 116 valence electrons. The highest BCUT2D eigenvalue weighted by atomic mass is 35.5. The smallest absolute Gasteiger partial charge is 0.257 e. The van der Waals surface area contributed by atoms with Gasteiger partial charge in [-0.15, -0.1) is 0 Å². The zero-order valence-corrected chi connectivity index (χ0v) is 13.2. The van der Waals surface area contributed by atoms with Crippen LogP contribution in [0.1, 0.15) is 21.7 Å². The fourth-order valence-electron chi connectivity index (χ4n) is 2.03. The minimum Gasteiger partial charge on any atom is -0.345 e. The molecule has 5 nitrogen and oxygen atoms in total. The van der Waals surface area contributed by atoms with Gasteiger partial charge in [-0.2, -0.15) is 4.98 Å². The fraction of sp³-hybridized carbons (Fsp3) is 0.118. The number of carbonyl (C=O) groups is 1. The molecule has 0 saturated carbocycles. The van der Waals surface area contributed by atoms with E-state index in [1.165, 1.54) is 0 Å². The van der Waals surface area contributed by atoms with E-state index in [2.05, 4.69) is 15.5 Å². The van der Waals surface area contributed by atoms with Crippen molar-refractivity contribution in [3.05, 3.63) is 70.5 Å². The maximum atomic E-state index is 12.0. The van der Waals surface area contributed by atoms with Crippen LogP contribution in [0.15, 0.2) is 53.1 Å². The van der Waals surface area contributed by atoms with Crippen molar-refractivity contribution in [1.29, 1.82) is 0 Å². The number of nitrogens with one attached hydrogen (secondary N) is 1. The first-order valence-electron chi connectivity index (χ1n) is 7.05. The monoisotopic (exact) mass is 327 g/mol. The van der Waals surface area contributed by atoms with Crippen LogP contribution in [0.2, 0.25) is 5.02 Å². The van der Waals surface area contributed by atoms with E-state index in [4.69, 9.17) is 16.1 Å². The van der Waals surface area contributed by atoms with Crippen LogP contribution in [0.4, 0.5) is 0 Å². The predicted molar refractivity (Wildman–Crippen MR) is 87.1 cm³/mol. The summed E-state index contributed by atoms with van der Waals surface area (Å²) in [5, 5.41) is 7.12. The summed E-state index contributed by atoms with van der Waals surface area (Å²) >= 11 is 5.87. The van der Waals surface area contributed by atoms with Gasteiger partial charge in [0.05, 0.1) is 6.54 Å². The maximum absolute atomic E-state index is 12.0. The normalized spacial score (nSPS) is 10.5. The molecule has 2 aromatic carbocycles. The third-order valence-electron chi connectivity index (χ3n) is 3.26. The first-order chi connectivity index (χ1) is 11.1. The number of nitrogens with zero attached hydrogens (tertiary/aromatic N) is 2. The number of benzene rings is 2. The third-order valence-corrected chi connectivity index (χ3v) is 3.50. The molecule has 0 radical (unpaired) electrons. The van der Waals surface area contributed by atoms with Crippen molar-refractivity contribution in [2.45, 2.75) is 13.5 Å². The number of rotatable bonds is 4. The van der Waals surface area contributed by atoms with Gasteiger partial charge < -0.3 is 9.84 Å². The second-order valence-corrected chi connectivity index (χ2v) is 5.51. The molecule has 1 aromatic heterocycles. The molecule has 23 heavy (non-hydrogen) atoms. The van der Waals surface area contributed by atoms with Crippen LogP contribution in [-0.2, 0) is 6.54 Å². The second-order valence-electron chi connectivity index (χ2n) is 5.07. The molecule has 1 N–H and O–H groups in total. The lowest BCUT2D eigenvalue weighted by atomic mass is 10.1. The van der Waals surface area contributed by atoms with Crippen LogP contribution in [-0.4, -0.2) is 16.0 Å². The van der Waals surface area contributed by atoms with E-state index in [9.17, 15) is 4.79 Å². The number of amides is 1. The second kappa shape index (κ2) is 6.62. The molecule has 0 unspecified atom stereocenters. The molecule has 0 aliphatic carbocycles. The highest BCUT2D eigenvalue weighted by Crippen LogP contribution is 2.17. The first kappa shape index (κ1) is 15.2. The van der Waals surface area contributed by atoms with Gasteiger partial charge >= 0.3 is 0 Å². The van der Waals surface area contributed by atoms with Gasteiger partial charge in [0.1, 0.15) is 0 Å². The molecule has 1 heterocycles. The van der Waals surface area contributed by atoms with E-state index in [0.29, 0.717) is 22.3 Å². The van der Waals surface area contributed by atoms with Crippen LogP contribution in [0.25, 0.3) is 11.5 Å². The summed E-state index contributed by atoms with van der Waals surface area (Å²) in [4.78, 5) is 16.3. The van der Waals surface area contributed by atoms with Crippen LogP contribution < -0.4 is 5.32 Å². The molecular formula is C17H14ClN3O2. The Bertz CT molecular complexity index is 828. The molecule has 3 aromatic rings. The largest absolute Gasteiger partial charge is 0.345 e. The summed E-state index contributed by atoms with van der Waals surface area (Å²) in [7, 11) is 0. The molecular weight excluding hydrogens is 314 g/mol. The summed E-state index contributed by atoms with van der Waals surface area (Å²) in [6.45, 7) is 2.19. The number of halogens is 1. The molecule has 0 bridgehead atoms. The Hall–Kier alpha value is -2.66. The third kappa shape index (κ3) is 3.76. The van der Waals surface area contributed by atoms with Gasteiger partial charge in [0.15, 0.2) is 5.82 Å². The van der Waals surface area contributed by atoms with Crippen molar-refractivity contribution < 1.29 is 9.32 Å². The Kier molecular flexibility index (Phi) is 4.39. The molecule has 0 aliphatic heterocycles. The Morgan fingerprint density at radius 3 is 2.74 bits per heavy atom. The van der Waals surface area contributed by atoms with E-state index in [1.807, 2.05) is 31.2 Å². The molecule has 0 aliphatic rings. The van der Waals surface area contributed by atoms with Crippen LogP contribution in [0.3, 0.4) is 0 Å². The lowest BCUT2D eigenvalue weighted by Gasteiger charge is -2.02. The lowest BCUT2D eigenvalue weighted by Crippen LogP contribution is -2.23. The van der Waals surface area contributed by atoms with Crippen molar-refractivity contribution in [1.82, 2.24) is 15.5 Å². The number of carbonyl (C=O) groups excluding carboxylic acids is 1. The Morgan fingerprint density at radius 1 is 1.22 bits per heavy atom. The van der Waals surface area contributed by atoms with Crippen LogP contribution in [0, 0.1) is 6.92 Å². The molecule has 3 rings (SSSR count). The summed E-state index contributed by atoms with van der Waals surface area (Å²) < 4.78 is 5.21. The Morgan fingerprint density at radius 2 is 2.00 bits per heavy atom. The van der Waals surface area contributed by atoms with Gasteiger partial charge in [0, 0.05) is 16.1 Å². The SMILES string of the molecule is Cc1ccc(-c2nc(CNC(=O)c3cccc(Cl)c3)no2)cc1. The van der Waals surface area contributed by atoms with Gasteiger partial charge in [-0.05, 0) is 37.3 Å². The molecule has 0 fully saturated rings.